The van der Waals surface area contributed by atoms with Crippen LogP contribution in [0.2, 0.25) is 5.02 Å². The second-order valence-corrected chi connectivity index (χ2v) is 9.72. The zero-order valence-corrected chi connectivity index (χ0v) is 17.6. The average Bonchev–Trinajstić information content (AvgIpc) is 2.69. The minimum absolute atomic E-state index is 0.0113. The Morgan fingerprint density at radius 2 is 1.03 bits per heavy atom. The van der Waals surface area contributed by atoms with E-state index in [0.29, 0.717) is 16.5 Å². The number of nitrogens with one attached hydrogen (secondary N) is 2. The van der Waals surface area contributed by atoms with Gasteiger partial charge in [-0.3, -0.25) is 9.44 Å². The fourth-order valence-electron chi connectivity index (χ4n) is 2.40. The van der Waals surface area contributed by atoms with Crippen LogP contribution in [0.4, 0.5) is 11.4 Å². The molecule has 0 aromatic heterocycles. The van der Waals surface area contributed by atoms with E-state index in [0.717, 1.165) is 0 Å². The van der Waals surface area contributed by atoms with Crippen LogP contribution in [0.15, 0.2) is 82.6 Å². The standard InChI is InChI=1S/C19H17ClN2O5S2/c1-27-17-8-4-15(5-9-17)21-29(25,26)19-12-6-16(7-13-19)22-28(23,24)18-10-2-14(20)3-11-18/h2-13,21-22H,1H3. The van der Waals surface area contributed by atoms with Crippen molar-refractivity contribution >= 4 is 43.0 Å². The third-order valence-corrected chi connectivity index (χ3v) is 6.93. The van der Waals surface area contributed by atoms with Gasteiger partial charge in [0.15, 0.2) is 0 Å². The number of benzene rings is 3. The lowest BCUT2D eigenvalue weighted by atomic mass is 10.3. The molecular formula is C19H17ClN2O5S2. The summed E-state index contributed by atoms with van der Waals surface area (Å²) < 4.78 is 59.7. The summed E-state index contributed by atoms with van der Waals surface area (Å²) >= 11 is 5.77. The Morgan fingerprint density at radius 3 is 1.45 bits per heavy atom. The van der Waals surface area contributed by atoms with Crippen molar-refractivity contribution in [3.8, 4) is 5.75 Å². The lowest BCUT2D eigenvalue weighted by Gasteiger charge is -2.11. The quantitative estimate of drug-likeness (QED) is 0.565. The molecule has 3 aromatic rings. The van der Waals surface area contributed by atoms with Crippen LogP contribution in [-0.2, 0) is 20.0 Å². The van der Waals surface area contributed by atoms with Crippen molar-refractivity contribution in [1.82, 2.24) is 0 Å². The number of ether oxygens (including phenoxy) is 1. The van der Waals surface area contributed by atoms with Crippen LogP contribution in [0, 0.1) is 0 Å². The highest BCUT2D eigenvalue weighted by molar-refractivity contribution is 7.93. The molecular weight excluding hydrogens is 436 g/mol. The summed E-state index contributed by atoms with van der Waals surface area (Å²) in [6, 6.07) is 17.5. The van der Waals surface area contributed by atoms with Crippen LogP contribution >= 0.6 is 11.6 Å². The molecule has 0 spiro atoms. The number of methoxy groups -OCH3 is 1. The maximum Gasteiger partial charge on any atom is 0.261 e. The molecule has 0 aliphatic rings. The minimum atomic E-state index is -3.83. The number of hydrogen-bond acceptors (Lipinski definition) is 5. The van der Waals surface area contributed by atoms with E-state index in [9.17, 15) is 16.8 Å². The predicted molar refractivity (Wildman–Crippen MR) is 113 cm³/mol. The first-order valence-corrected chi connectivity index (χ1v) is 11.6. The number of anilines is 2. The van der Waals surface area contributed by atoms with Crippen LogP contribution in [0.3, 0.4) is 0 Å². The van der Waals surface area contributed by atoms with Gasteiger partial charge in [0.2, 0.25) is 0 Å². The van der Waals surface area contributed by atoms with Crippen LogP contribution in [0.25, 0.3) is 0 Å². The number of hydrogen-bond donors (Lipinski definition) is 2. The predicted octanol–water partition coefficient (Wildman–Crippen LogP) is 3.95. The van der Waals surface area contributed by atoms with Gasteiger partial charge in [-0.1, -0.05) is 11.6 Å². The summed E-state index contributed by atoms with van der Waals surface area (Å²) in [6.07, 6.45) is 0. The molecule has 3 aromatic carbocycles. The molecule has 7 nitrogen and oxygen atoms in total. The normalized spacial score (nSPS) is 11.7. The second-order valence-electron chi connectivity index (χ2n) is 5.92. The lowest BCUT2D eigenvalue weighted by molar-refractivity contribution is 0.415. The van der Waals surface area contributed by atoms with E-state index in [4.69, 9.17) is 16.3 Å². The van der Waals surface area contributed by atoms with E-state index in [1.807, 2.05) is 0 Å². The van der Waals surface area contributed by atoms with Crippen molar-refractivity contribution in [3.05, 3.63) is 77.8 Å². The molecule has 2 N–H and O–H groups in total. The number of sulfonamides is 2. The van der Waals surface area contributed by atoms with E-state index >= 15 is 0 Å². The molecule has 0 aliphatic carbocycles. The lowest BCUT2D eigenvalue weighted by Crippen LogP contribution is -2.14. The SMILES string of the molecule is COc1ccc(NS(=O)(=O)c2ccc(NS(=O)(=O)c3ccc(Cl)cc3)cc2)cc1. The average molecular weight is 453 g/mol. The molecule has 0 unspecified atom stereocenters. The minimum Gasteiger partial charge on any atom is -0.497 e. The monoisotopic (exact) mass is 452 g/mol. The Morgan fingerprint density at radius 1 is 0.655 bits per heavy atom. The van der Waals surface area contributed by atoms with Crippen molar-refractivity contribution in [3.63, 3.8) is 0 Å². The first kappa shape index (κ1) is 21.0. The van der Waals surface area contributed by atoms with Gasteiger partial charge >= 0.3 is 0 Å². The molecule has 0 amide bonds. The molecule has 0 bridgehead atoms. The maximum atomic E-state index is 12.5. The van der Waals surface area contributed by atoms with Gasteiger partial charge < -0.3 is 4.74 Å². The number of halogens is 1. The van der Waals surface area contributed by atoms with Crippen molar-refractivity contribution in [2.45, 2.75) is 9.79 Å². The van der Waals surface area contributed by atoms with Gasteiger partial charge in [0.25, 0.3) is 20.0 Å². The Hall–Kier alpha value is -2.75. The Balaban J connectivity index is 1.75. The molecule has 0 saturated heterocycles. The highest BCUT2D eigenvalue weighted by atomic mass is 35.5. The molecule has 3 rings (SSSR count). The summed E-state index contributed by atoms with van der Waals surface area (Å²) in [6.45, 7) is 0. The van der Waals surface area contributed by atoms with E-state index in [-0.39, 0.29) is 15.5 Å². The first-order valence-electron chi connectivity index (χ1n) is 8.25. The smallest absolute Gasteiger partial charge is 0.261 e. The third-order valence-electron chi connectivity index (χ3n) is 3.88. The zero-order chi connectivity index (χ0) is 21.1. The van der Waals surface area contributed by atoms with E-state index in [1.54, 1.807) is 24.3 Å². The van der Waals surface area contributed by atoms with Crippen molar-refractivity contribution in [1.29, 1.82) is 0 Å². The highest BCUT2D eigenvalue weighted by Gasteiger charge is 2.17. The summed E-state index contributed by atoms with van der Waals surface area (Å²) in [7, 11) is -6.14. The fourth-order valence-corrected chi connectivity index (χ4v) is 4.65. The van der Waals surface area contributed by atoms with E-state index in [1.165, 1.54) is 55.6 Å². The van der Waals surface area contributed by atoms with Gasteiger partial charge in [0, 0.05) is 16.4 Å². The largest absolute Gasteiger partial charge is 0.497 e. The van der Waals surface area contributed by atoms with Crippen molar-refractivity contribution in [2.24, 2.45) is 0 Å². The summed E-state index contributed by atoms with van der Waals surface area (Å²) in [5.74, 6) is 0.602. The molecule has 0 aliphatic heterocycles. The van der Waals surface area contributed by atoms with E-state index in [2.05, 4.69) is 9.44 Å². The van der Waals surface area contributed by atoms with Crippen LogP contribution in [0.1, 0.15) is 0 Å². The van der Waals surface area contributed by atoms with Gasteiger partial charge in [-0.2, -0.15) is 0 Å². The molecule has 29 heavy (non-hydrogen) atoms. The summed E-state index contributed by atoms with van der Waals surface area (Å²) in [5.41, 5.74) is 0.599. The van der Waals surface area contributed by atoms with Crippen LogP contribution in [-0.4, -0.2) is 23.9 Å². The molecule has 0 heterocycles. The van der Waals surface area contributed by atoms with Gasteiger partial charge in [-0.15, -0.1) is 0 Å². The van der Waals surface area contributed by atoms with Gasteiger partial charge in [0.05, 0.1) is 16.9 Å². The fraction of sp³-hybridized carbons (Fsp3) is 0.0526. The van der Waals surface area contributed by atoms with Crippen molar-refractivity contribution < 1.29 is 21.6 Å². The zero-order valence-electron chi connectivity index (χ0n) is 15.2. The molecule has 0 fully saturated rings. The topological polar surface area (TPSA) is 102 Å². The maximum absolute atomic E-state index is 12.5. The first-order chi connectivity index (χ1) is 13.7. The molecule has 0 radical (unpaired) electrons. The Bertz CT molecular complexity index is 1190. The highest BCUT2D eigenvalue weighted by Crippen LogP contribution is 2.22. The van der Waals surface area contributed by atoms with Crippen LogP contribution in [0.5, 0.6) is 5.75 Å². The molecule has 0 saturated carbocycles. The van der Waals surface area contributed by atoms with E-state index < -0.39 is 20.0 Å². The number of rotatable bonds is 7. The van der Waals surface area contributed by atoms with Crippen molar-refractivity contribution in [2.75, 3.05) is 16.6 Å². The van der Waals surface area contributed by atoms with Gasteiger partial charge in [0.1, 0.15) is 5.75 Å². The molecule has 152 valence electrons. The van der Waals surface area contributed by atoms with Gasteiger partial charge in [-0.25, -0.2) is 16.8 Å². The Labute approximate surface area is 174 Å². The Kier molecular flexibility index (Phi) is 6.02. The summed E-state index contributed by atoms with van der Waals surface area (Å²) in [5, 5.41) is 0.419. The summed E-state index contributed by atoms with van der Waals surface area (Å²) in [4.78, 5) is 0.0301. The van der Waals surface area contributed by atoms with Crippen LogP contribution < -0.4 is 14.2 Å². The molecule has 10 heteroatoms. The second kappa shape index (κ2) is 8.32. The third kappa shape index (κ3) is 5.20. The molecule has 0 atom stereocenters. The van der Waals surface area contributed by atoms with Gasteiger partial charge in [-0.05, 0) is 72.8 Å².